The zero-order chi connectivity index (χ0) is 28.0. The molecule has 2 aliphatic rings. The monoisotopic (exact) mass is 566 g/mol. The molecule has 1 fully saturated rings. The number of nitrogens with zero attached hydrogens (tertiary/aromatic N) is 2. The molecule has 1 unspecified atom stereocenters. The fourth-order valence-corrected chi connectivity index (χ4v) is 8.85. The molecule has 0 saturated heterocycles. The van der Waals surface area contributed by atoms with E-state index in [0.717, 1.165) is 54.5 Å². The number of fused-ring (bicyclic) bond motifs is 3. The quantitative estimate of drug-likeness (QED) is 0.310. The molecular formula is C31H42N2O4SSi. The van der Waals surface area contributed by atoms with Crippen molar-refractivity contribution < 1.29 is 17.6 Å². The topological polar surface area (TPSA) is 68.6 Å². The van der Waals surface area contributed by atoms with Crippen molar-refractivity contribution in [1.82, 2.24) is 8.87 Å². The first-order valence-electron chi connectivity index (χ1n) is 14.2. The van der Waals surface area contributed by atoms with Gasteiger partial charge in [-0.15, -0.1) is 0 Å². The van der Waals surface area contributed by atoms with Gasteiger partial charge >= 0.3 is 0 Å². The van der Waals surface area contributed by atoms with E-state index in [2.05, 4.69) is 38.8 Å². The molecule has 0 amide bonds. The highest BCUT2D eigenvalue weighted by Gasteiger charge is 2.42. The molecule has 1 aliphatic carbocycles. The number of aromatic nitrogens is 1. The minimum atomic E-state index is -3.76. The summed E-state index contributed by atoms with van der Waals surface area (Å²) in [7, 11) is -5.81. The van der Waals surface area contributed by atoms with Crippen molar-refractivity contribution >= 4 is 35.0 Å². The van der Waals surface area contributed by atoms with E-state index in [-0.39, 0.29) is 11.1 Å². The zero-order valence-corrected chi connectivity index (χ0v) is 25.8. The predicted octanol–water partition coefficient (Wildman–Crippen LogP) is 6.39. The van der Waals surface area contributed by atoms with E-state index in [4.69, 9.17) is 4.43 Å². The summed E-state index contributed by atoms with van der Waals surface area (Å²) >= 11 is 0. The van der Waals surface area contributed by atoms with Gasteiger partial charge in [-0.05, 0) is 67.1 Å². The smallest absolute Gasteiger partial charge is 0.268 e. The van der Waals surface area contributed by atoms with Crippen molar-refractivity contribution in [3.05, 3.63) is 65.9 Å². The normalized spacial score (nSPS) is 18.8. The van der Waals surface area contributed by atoms with Crippen LogP contribution in [0.4, 0.5) is 0 Å². The maximum atomic E-state index is 14.0. The summed E-state index contributed by atoms with van der Waals surface area (Å²) in [5.41, 5.74) is 2.73. The van der Waals surface area contributed by atoms with Crippen LogP contribution in [0.1, 0.15) is 57.7 Å². The fourth-order valence-electron chi connectivity index (χ4n) is 5.88. The molecule has 1 aromatic heterocycles. The highest BCUT2D eigenvalue weighted by molar-refractivity contribution is 7.90. The van der Waals surface area contributed by atoms with Crippen molar-refractivity contribution in [2.75, 3.05) is 13.1 Å². The lowest BCUT2D eigenvalue weighted by Gasteiger charge is -2.44. The molecule has 2 heterocycles. The maximum Gasteiger partial charge on any atom is 0.268 e. The van der Waals surface area contributed by atoms with Gasteiger partial charge in [0.05, 0.1) is 22.2 Å². The predicted molar refractivity (Wildman–Crippen MR) is 159 cm³/mol. The molecular weight excluding hydrogens is 525 g/mol. The molecule has 5 rings (SSSR count). The summed E-state index contributed by atoms with van der Waals surface area (Å²) in [5.74, 6) is 0.702. The third-order valence-corrected chi connectivity index (χ3v) is 15.4. The van der Waals surface area contributed by atoms with Gasteiger partial charge in [-0.2, -0.15) is 0 Å². The third-order valence-electron chi connectivity index (χ3n) is 9.18. The van der Waals surface area contributed by atoms with Gasteiger partial charge in [-0.3, -0.25) is 9.69 Å². The molecule has 39 heavy (non-hydrogen) atoms. The summed E-state index contributed by atoms with van der Waals surface area (Å²) in [5, 5.41) is 1.10. The number of ketones is 1. The van der Waals surface area contributed by atoms with Gasteiger partial charge in [0.1, 0.15) is 5.78 Å². The molecule has 210 valence electrons. The van der Waals surface area contributed by atoms with Crippen LogP contribution in [-0.4, -0.2) is 50.6 Å². The SMILES string of the molecule is CC(C)(C)[Si](C)(C)OC(CN1CCc2c(n(S(=O)(=O)c3ccccc3)c3ccccc23)C1)C1CCC(=O)CC1. The van der Waals surface area contributed by atoms with Gasteiger partial charge < -0.3 is 4.43 Å². The Bertz CT molecular complexity index is 1450. The third kappa shape index (κ3) is 5.53. The van der Waals surface area contributed by atoms with Crippen LogP contribution in [0.25, 0.3) is 10.9 Å². The van der Waals surface area contributed by atoms with Gasteiger partial charge in [-0.25, -0.2) is 12.4 Å². The number of benzene rings is 2. The number of carbonyl (C=O) groups excluding carboxylic acids is 1. The van der Waals surface area contributed by atoms with Crippen LogP contribution in [-0.2, 0) is 32.2 Å². The van der Waals surface area contributed by atoms with Crippen molar-refractivity contribution in [1.29, 1.82) is 0 Å². The molecule has 6 nitrogen and oxygen atoms in total. The second-order valence-electron chi connectivity index (χ2n) is 12.8. The van der Waals surface area contributed by atoms with Crippen LogP contribution >= 0.6 is 0 Å². The van der Waals surface area contributed by atoms with Crippen LogP contribution in [0.3, 0.4) is 0 Å². The van der Waals surface area contributed by atoms with Gasteiger partial charge in [0.15, 0.2) is 8.32 Å². The Morgan fingerprint density at radius 3 is 2.28 bits per heavy atom. The lowest BCUT2D eigenvalue weighted by molar-refractivity contribution is -0.121. The molecule has 0 bridgehead atoms. The summed E-state index contributed by atoms with van der Waals surface area (Å²) in [6.45, 7) is 13.5. The van der Waals surface area contributed by atoms with Crippen LogP contribution < -0.4 is 0 Å². The number of para-hydroxylation sites is 1. The molecule has 2 aromatic carbocycles. The molecule has 1 saturated carbocycles. The molecule has 8 heteroatoms. The first-order valence-corrected chi connectivity index (χ1v) is 18.6. The van der Waals surface area contributed by atoms with Crippen molar-refractivity contribution in [2.24, 2.45) is 5.92 Å². The molecule has 1 aliphatic heterocycles. The lowest BCUT2D eigenvalue weighted by atomic mass is 9.84. The number of Topliss-reactive ketones (excluding diaryl/α,β-unsaturated/α-hetero) is 1. The van der Waals surface area contributed by atoms with E-state index < -0.39 is 18.3 Å². The van der Waals surface area contributed by atoms with Crippen LogP contribution in [0, 0.1) is 5.92 Å². The maximum absolute atomic E-state index is 14.0. The Balaban J connectivity index is 1.49. The van der Waals surface area contributed by atoms with Crippen LogP contribution in [0.15, 0.2) is 59.5 Å². The van der Waals surface area contributed by atoms with Crippen molar-refractivity contribution in [2.45, 2.75) is 88.6 Å². The summed E-state index contributed by atoms with van der Waals surface area (Å²) in [4.78, 5) is 14.7. The Labute approximate surface area is 234 Å². The van der Waals surface area contributed by atoms with E-state index in [1.807, 2.05) is 30.3 Å². The number of rotatable bonds is 7. The van der Waals surface area contributed by atoms with E-state index in [1.54, 1.807) is 28.2 Å². The van der Waals surface area contributed by atoms with Crippen molar-refractivity contribution in [3.8, 4) is 0 Å². The van der Waals surface area contributed by atoms with E-state index in [0.29, 0.717) is 36.0 Å². The first-order chi connectivity index (χ1) is 18.4. The van der Waals surface area contributed by atoms with Gasteiger partial charge in [-0.1, -0.05) is 57.2 Å². The fraction of sp³-hybridized carbons (Fsp3) is 0.516. The zero-order valence-electron chi connectivity index (χ0n) is 23.9. The second kappa shape index (κ2) is 10.6. The van der Waals surface area contributed by atoms with Crippen molar-refractivity contribution in [3.63, 3.8) is 0 Å². The van der Waals surface area contributed by atoms with Gasteiger partial charge in [0.2, 0.25) is 0 Å². The Kier molecular flexibility index (Phi) is 7.70. The molecule has 0 radical (unpaired) electrons. The highest BCUT2D eigenvalue weighted by Crippen LogP contribution is 2.40. The Hall–Kier alpha value is -2.26. The standard InChI is InChI=1S/C31H42N2O4SSi/c1-31(2,3)39(4,5)37-30(23-15-17-24(34)18-16-23)22-32-20-19-27-26-13-9-10-14-28(26)33(29(27)21-32)38(35,36)25-11-7-6-8-12-25/h6-14,23,30H,15-22H2,1-5H3. The minimum absolute atomic E-state index is 0.0316. The largest absolute Gasteiger partial charge is 0.412 e. The summed E-state index contributed by atoms with van der Waals surface area (Å²) in [6.07, 6.45) is 3.85. The average Bonchev–Trinajstić information content (AvgIpc) is 3.23. The number of hydrogen-bond acceptors (Lipinski definition) is 5. The summed E-state index contributed by atoms with van der Waals surface area (Å²) < 4.78 is 36.6. The second-order valence-corrected chi connectivity index (χ2v) is 19.3. The average molecular weight is 567 g/mol. The molecule has 0 spiro atoms. The van der Waals surface area contributed by atoms with E-state index in [9.17, 15) is 13.2 Å². The lowest BCUT2D eigenvalue weighted by Crippen LogP contribution is -2.50. The number of carbonyl (C=O) groups is 1. The Morgan fingerprint density at radius 1 is 0.974 bits per heavy atom. The highest BCUT2D eigenvalue weighted by atomic mass is 32.2. The Morgan fingerprint density at radius 2 is 1.62 bits per heavy atom. The first kappa shape index (κ1) is 28.3. The molecule has 0 N–H and O–H groups in total. The molecule has 1 atom stereocenters. The summed E-state index contributed by atoms with van der Waals surface area (Å²) in [6, 6.07) is 16.6. The molecule has 3 aromatic rings. The number of hydrogen-bond donors (Lipinski definition) is 0. The van der Waals surface area contributed by atoms with E-state index in [1.165, 1.54) is 0 Å². The van der Waals surface area contributed by atoms with Gasteiger partial charge in [0.25, 0.3) is 10.0 Å². The minimum Gasteiger partial charge on any atom is -0.412 e. The van der Waals surface area contributed by atoms with Crippen LogP contribution in [0.5, 0.6) is 0 Å². The van der Waals surface area contributed by atoms with Gasteiger partial charge in [0, 0.05) is 37.9 Å². The van der Waals surface area contributed by atoms with E-state index >= 15 is 0 Å². The van der Waals surface area contributed by atoms with Crippen LogP contribution in [0.2, 0.25) is 18.1 Å².